The largest absolute Gasteiger partial charge is 0.480 e. The van der Waals surface area contributed by atoms with E-state index in [0.717, 1.165) is 35.0 Å². The third-order valence-electron chi connectivity index (χ3n) is 7.97. The van der Waals surface area contributed by atoms with Gasteiger partial charge in [-0.2, -0.15) is 0 Å². The van der Waals surface area contributed by atoms with Gasteiger partial charge in [0.25, 0.3) is 11.8 Å². The summed E-state index contributed by atoms with van der Waals surface area (Å²) in [5.74, 6) is -3.23. The van der Waals surface area contributed by atoms with Gasteiger partial charge >= 0.3 is 11.9 Å². The fraction of sp³-hybridized carbons (Fsp3) is 0.531. The number of nitrogens with two attached hydrogens (primary N) is 1. The van der Waals surface area contributed by atoms with Crippen LogP contribution in [0, 0.1) is 5.92 Å². The number of ether oxygens (including phenoxy) is 2. The fourth-order valence-electron chi connectivity index (χ4n) is 5.34. The lowest BCUT2D eigenvalue weighted by molar-refractivity contribution is -0.181. The molecule has 2 saturated heterocycles. The lowest BCUT2D eigenvalue weighted by atomic mass is 9.92. The number of carbonyl (C=O) groups excluding carboxylic acids is 3. The van der Waals surface area contributed by atoms with Crippen LogP contribution in [-0.4, -0.2) is 75.8 Å². The molecule has 0 bridgehead atoms. The molecule has 5 N–H and O–H groups in total. The van der Waals surface area contributed by atoms with Gasteiger partial charge in [0.05, 0.1) is 11.2 Å². The molecule has 12 nitrogen and oxygen atoms in total. The van der Waals surface area contributed by atoms with E-state index in [1.807, 2.05) is 37.3 Å². The second-order valence-electron chi connectivity index (χ2n) is 12.0. The molecule has 2 aliphatic rings. The Hall–Kier alpha value is -3.87. The van der Waals surface area contributed by atoms with Crippen LogP contribution < -0.4 is 16.5 Å². The van der Waals surface area contributed by atoms with Crippen molar-refractivity contribution in [3.8, 4) is 0 Å². The Labute approximate surface area is 257 Å². The van der Waals surface area contributed by atoms with Crippen molar-refractivity contribution in [1.82, 2.24) is 20.7 Å². The number of fused-ring (bicyclic) bond motifs is 1. The standard InChI is InChI=1S/C32H43N5O7/c1-19(2)27(28(38)34-21(4)29(39)37-16-7-8-25(36-37)30(40)41)44-31(42)32(14-5-6-17-43-32)15-13-22-9-10-23-11-12-24(20(3)33)35-26(23)18-22/h9-13,15,18-21,25,27,36H,5-8,14,16-17,33H2,1-4H3,(H,34,38)(H,40,41)/b15-13+/t20-,21+,25+,27+,32?/m1/s1. The number of nitrogens with one attached hydrogen (secondary N) is 2. The van der Waals surface area contributed by atoms with Gasteiger partial charge in [-0.1, -0.05) is 38.1 Å². The highest BCUT2D eigenvalue weighted by molar-refractivity contribution is 5.92. The zero-order chi connectivity index (χ0) is 32.0. The quantitative estimate of drug-likeness (QED) is 0.293. The molecule has 2 aromatic rings. The monoisotopic (exact) mass is 609 g/mol. The highest BCUT2D eigenvalue weighted by Crippen LogP contribution is 2.30. The van der Waals surface area contributed by atoms with E-state index < -0.39 is 53.5 Å². The molecule has 238 valence electrons. The summed E-state index contributed by atoms with van der Waals surface area (Å²) >= 11 is 0. The average molecular weight is 610 g/mol. The number of aromatic nitrogens is 1. The molecule has 5 atom stereocenters. The van der Waals surface area contributed by atoms with Crippen molar-refractivity contribution in [2.45, 2.75) is 89.6 Å². The summed E-state index contributed by atoms with van der Waals surface area (Å²) in [5, 5.41) is 14.1. The fourth-order valence-corrected chi connectivity index (χ4v) is 5.34. The molecule has 0 radical (unpaired) electrons. The number of pyridine rings is 1. The summed E-state index contributed by atoms with van der Waals surface area (Å²) in [7, 11) is 0. The number of rotatable bonds is 10. The molecule has 2 amide bonds. The zero-order valence-electron chi connectivity index (χ0n) is 25.7. The van der Waals surface area contributed by atoms with Gasteiger partial charge in [0.2, 0.25) is 0 Å². The lowest BCUT2D eigenvalue weighted by Gasteiger charge is -2.35. The molecule has 3 heterocycles. The second-order valence-corrected chi connectivity index (χ2v) is 12.0. The minimum absolute atomic E-state index is 0.204. The summed E-state index contributed by atoms with van der Waals surface area (Å²) in [6, 6.07) is 7.60. The summed E-state index contributed by atoms with van der Waals surface area (Å²) in [5.41, 5.74) is 9.70. The van der Waals surface area contributed by atoms with Crippen molar-refractivity contribution in [3.05, 3.63) is 47.7 Å². The number of aliphatic carboxylic acids is 1. The molecule has 4 rings (SSSR count). The maximum absolute atomic E-state index is 13.7. The van der Waals surface area contributed by atoms with Crippen LogP contribution in [0.4, 0.5) is 0 Å². The van der Waals surface area contributed by atoms with E-state index >= 15 is 0 Å². The van der Waals surface area contributed by atoms with Gasteiger partial charge in [-0.25, -0.2) is 10.2 Å². The first-order valence-corrected chi connectivity index (χ1v) is 15.2. The van der Waals surface area contributed by atoms with E-state index in [1.54, 1.807) is 26.0 Å². The molecule has 1 unspecified atom stereocenters. The first-order valence-electron chi connectivity index (χ1n) is 15.2. The van der Waals surface area contributed by atoms with Gasteiger partial charge in [0.1, 0.15) is 12.1 Å². The van der Waals surface area contributed by atoms with E-state index in [9.17, 15) is 24.3 Å². The van der Waals surface area contributed by atoms with Crippen LogP contribution in [-0.2, 0) is 28.7 Å². The van der Waals surface area contributed by atoms with Crippen molar-refractivity contribution in [3.63, 3.8) is 0 Å². The number of carboxylic acid groups (broad SMARTS) is 1. The maximum Gasteiger partial charge on any atom is 0.343 e. The van der Waals surface area contributed by atoms with Crippen LogP contribution in [0.15, 0.2) is 36.4 Å². The van der Waals surface area contributed by atoms with E-state index in [1.165, 1.54) is 11.9 Å². The van der Waals surface area contributed by atoms with Crippen molar-refractivity contribution < 1.29 is 33.8 Å². The number of amides is 2. The number of hydrogen-bond donors (Lipinski definition) is 4. The van der Waals surface area contributed by atoms with Crippen LogP contribution in [0.3, 0.4) is 0 Å². The third-order valence-corrected chi connectivity index (χ3v) is 7.97. The molecular formula is C32H43N5O7. The molecule has 0 saturated carbocycles. The molecule has 44 heavy (non-hydrogen) atoms. The highest BCUT2D eigenvalue weighted by Gasteiger charge is 2.43. The number of hydrogen-bond acceptors (Lipinski definition) is 9. The van der Waals surface area contributed by atoms with Crippen LogP contribution in [0.5, 0.6) is 0 Å². The van der Waals surface area contributed by atoms with Gasteiger partial charge in [0.15, 0.2) is 11.7 Å². The molecule has 2 fully saturated rings. The van der Waals surface area contributed by atoms with Crippen LogP contribution in [0.2, 0.25) is 0 Å². The SMILES string of the molecule is CC(C)[C@H](OC(=O)C1(/C=C/c2ccc3ccc([C@@H](C)N)nc3c2)CCCCO1)C(=O)N[C@@H](C)C(=O)N1CCC[C@@H](C(=O)O)N1. The van der Waals surface area contributed by atoms with Crippen LogP contribution >= 0.6 is 0 Å². The topological polar surface area (TPSA) is 173 Å². The minimum atomic E-state index is -1.38. The van der Waals surface area contributed by atoms with E-state index in [-0.39, 0.29) is 6.04 Å². The Morgan fingerprint density at radius 2 is 1.91 bits per heavy atom. The smallest absolute Gasteiger partial charge is 0.343 e. The van der Waals surface area contributed by atoms with Gasteiger partial charge in [-0.05, 0) is 75.6 Å². The summed E-state index contributed by atoms with van der Waals surface area (Å²) in [6.07, 6.45) is 5.13. The minimum Gasteiger partial charge on any atom is -0.480 e. The van der Waals surface area contributed by atoms with Crippen LogP contribution in [0.1, 0.15) is 77.1 Å². The van der Waals surface area contributed by atoms with Gasteiger partial charge < -0.3 is 25.6 Å². The number of carboxylic acids is 1. The Bertz CT molecular complexity index is 1400. The zero-order valence-corrected chi connectivity index (χ0v) is 25.7. The molecule has 0 spiro atoms. The first kappa shape index (κ1) is 33.0. The highest BCUT2D eigenvalue weighted by atomic mass is 16.6. The number of nitrogens with zero attached hydrogens (tertiary/aromatic N) is 2. The van der Waals surface area contributed by atoms with Gasteiger partial charge in [-0.15, -0.1) is 0 Å². The Morgan fingerprint density at radius 3 is 2.57 bits per heavy atom. The Kier molecular flexibility index (Phi) is 10.7. The maximum atomic E-state index is 13.7. The molecule has 2 aliphatic heterocycles. The van der Waals surface area contributed by atoms with E-state index in [4.69, 9.17) is 15.2 Å². The number of benzene rings is 1. The molecule has 0 aliphatic carbocycles. The average Bonchev–Trinajstić information content (AvgIpc) is 3.01. The van der Waals surface area contributed by atoms with Crippen molar-refractivity contribution in [2.75, 3.05) is 13.2 Å². The number of esters is 1. The lowest BCUT2D eigenvalue weighted by Crippen LogP contribution is -2.60. The summed E-state index contributed by atoms with van der Waals surface area (Å²) in [6.45, 7) is 7.56. The van der Waals surface area contributed by atoms with E-state index in [2.05, 4.69) is 15.7 Å². The molecule has 1 aromatic carbocycles. The predicted molar refractivity (Wildman–Crippen MR) is 164 cm³/mol. The van der Waals surface area contributed by atoms with Gasteiger partial charge in [0, 0.05) is 24.6 Å². The van der Waals surface area contributed by atoms with Crippen molar-refractivity contribution in [1.29, 1.82) is 0 Å². The van der Waals surface area contributed by atoms with Crippen molar-refractivity contribution in [2.24, 2.45) is 11.7 Å². The number of carbonyl (C=O) groups is 4. The van der Waals surface area contributed by atoms with Crippen molar-refractivity contribution >= 4 is 40.7 Å². The summed E-state index contributed by atoms with van der Waals surface area (Å²) in [4.78, 5) is 56.0. The third kappa shape index (κ3) is 7.79. The normalized spacial score (nSPS) is 22.9. The number of hydrazine groups is 1. The first-order chi connectivity index (χ1) is 20.9. The Balaban J connectivity index is 1.48. The second kappa shape index (κ2) is 14.3. The van der Waals surface area contributed by atoms with Gasteiger partial charge in [-0.3, -0.25) is 24.4 Å². The Morgan fingerprint density at radius 1 is 1.16 bits per heavy atom. The molecule has 1 aromatic heterocycles. The predicted octanol–water partition coefficient (Wildman–Crippen LogP) is 2.86. The van der Waals surface area contributed by atoms with E-state index in [0.29, 0.717) is 32.4 Å². The molecular weight excluding hydrogens is 566 g/mol. The summed E-state index contributed by atoms with van der Waals surface area (Å²) < 4.78 is 11.9. The molecule has 12 heteroatoms. The van der Waals surface area contributed by atoms with Crippen LogP contribution in [0.25, 0.3) is 17.0 Å².